The number of hydrogen-bond acceptors (Lipinski definition) is 4. The first kappa shape index (κ1) is 25.4. The lowest BCUT2D eigenvalue weighted by Gasteiger charge is -2.35. The van der Waals surface area contributed by atoms with Gasteiger partial charge in [0.2, 0.25) is 0 Å². The summed E-state index contributed by atoms with van der Waals surface area (Å²) in [6.07, 6.45) is 1.08. The van der Waals surface area contributed by atoms with Crippen LogP contribution >= 0.6 is 23.2 Å². The fourth-order valence-electron chi connectivity index (χ4n) is 3.21. The number of hydrogen-bond donors (Lipinski definition) is 0. The van der Waals surface area contributed by atoms with Crippen LogP contribution in [-0.4, -0.2) is 26.5 Å². The van der Waals surface area contributed by atoms with Crippen LogP contribution in [0.2, 0.25) is 10.0 Å². The van der Waals surface area contributed by atoms with E-state index < -0.39 is 34.0 Å². The van der Waals surface area contributed by atoms with E-state index in [1.165, 1.54) is 36.4 Å². The summed E-state index contributed by atoms with van der Waals surface area (Å²) < 4.78 is 48.6. The van der Waals surface area contributed by atoms with Crippen LogP contribution in [0.3, 0.4) is 0 Å². The van der Waals surface area contributed by atoms with E-state index >= 15 is 0 Å². The Balaban J connectivity index is 2.61. The van der Waals surface area contributed by atoms with Crippen molar-refractivity contribution < 1.29 is 22.3 Å². The summed E-state index contributed by atoms with van der Waals surface area (Å²) in [6.45, 7) is 5.33. The first-order chi connectivity index (χ1) is 14.6. The molecule has 0 saturated carbocycles. The molecule has 0 fully saturated rings. The van der Waals surface area contributed by atoms with E-state index in [2.05, 4.69) is 0 Å². The Morgan fingerprint density at radius 2 is 1.68 bits per heavy atom. The molecule has 0 N–H and O–H groups in total. The standard InChI is InChI=1S/C22H26Cl2FNO4S/c1-4-6-21(30-22(27)7-5-2)15(3)26(20-14-17(24)10-13-19(20)25)31(28,29)18-11-8-16(23)9-12-18/h8-15,21H,4-7H2,1-3H3/t15-,21?/m1/s1. The zero-order valence-electron chi connectivity index (χ0n) is 17.6. The van der Waals surface area contributed by atoms with Gasteiger partial charge in [-0.05, 0) is 62.2 Å². The number of anilines is 1. The number of carbonyl (C=O) groups is 1. The van der Waals surface area contributed by atoms with Crippen molar-refractivity contribution in [2.45, 2.75) is 63.5 Å². The van der Waals surface area contributed by atoms with Gasteiger partial charge in [-0.25, -0.2) is 12.8 Å². The topological polar surface area (TPSA) is 63.7 Å². The van der Waals surface area contributed by atoms with Gasteiger partial charge in [-0.3, -0.25) is 9.10 Å². The van der Waals surface area contributed by atoms with Crippen LogP contribution in [0.4, 0.5) is 10.1 Å². The average molecular weight is 490 g/mol. The van der Waals surface area contributed by atoms with Crippen LogP contribution < -0.4 is 4.31 Å². The maximum absolute atomic E-state index is 14.8. The van der Waals surface area contributed by atoms with E-state index in [0.717, 1.165) is 10.4 Å². The lowest BCUT2D eigenvalue weighted by atomic mass is 10.1. The minimum absolute atomic E-state index is 0.0711. The van der Waals surface area contributed by atoms with Gasteiger partial charge < -0.3 is 4.74 Å². The largest absolute Gasteiger partial charge is 0.460 e. The van der Waals surface area contributed by atoms with Crippen LogP contribution in [0.5, 0.6) is 0 Å². The minimum Gasteiger partial charge on any atom is -0.460 e. The highest BCUT2D eigenvalue weighted by Crippen LogP contribution is 2.33. The van der Waals surface area contributed by atoms with Gasteiger partial charge in [-0.2, -0.15) is 0 Å². The Labute approximate surface area is 193 Å². The van der Waals surface area contributed by atoms with Gasteiger partial charge in [0.05, 0.1) is 16.6 Å². The summed E-state index contributed by atoms with van der Waals surface area (Å²) >= 11 is 12.0. The molecule has 0 aromatic heterocycles. The Kier molecular flexibility index (Phi) is 9.15. The molecule has 2 aromatic carbocycles. The first-order valence-corrected chi connectivity index (χ1v) is 12.3. The number of rotatable bonds is 10. The lowest BCUT2D eigenvalue weighted by Crippen LogP contribution is -2.47. The third-order valence-corrected chi connectivity index (χ3v) is 7.14. The van der Waals surface area contributed by atoms with Crippen molar-refractivity contribution in [3.63, 3.8) is 0 Å². The fourth-order valence-corrected chi connectivity index (χ4v) is 5.18. The average Bonchev–Trinajstić information content (AvgIpc) is 2.70. The second-order valence-electron chi connectivity index (χ2n) is 7.16. The SMILES string of the molecule is CCCC(=O)OC(CCC)[C@@H](C)N(c1cc(Cl)ccc1F)S(=O)(=O)c1ccc(Cl)cc1. The van der Waals surface area contributed by atoms with Gasteiger partial charge in [0.15, 0.2) is 0 Å². The molecular weight excluding hydrogens is 464 g/mol. The normalized spacial score (nSPS) is 13.5. The van der Waals surface area contributed by atoms with Crippen molar-refractivity contribution in [2.24, 2.45) is 0 Å². The first-order valence-electron chi connectivity index (χ1n) is 10.1. The lowest BCUT2D eigenvalue weighted by molar-refractivity contribution is -0.150. The molecule has 0 aliphatic heterocycles. The van der Waals surface area contributed by atoms with Gasteiger partial charge in [-0.1, -0.05) is 43.5 Å². The Morgan fingerprint density at radius 3 is 2.26 bits per heavy atom. The third-order valence-electron chi connectivity index (χ3n) is 4.73. The summed E-state index contributed by atoms with van der Waals surface area (Å²) in [5.41, 5.74) is -0.220. The second kappa shape index (κ2) is 11.2. The highest BCUT2D eigenvalue weighted by molar-refractivity contribution is 7.92. The van der Waals surface area contributed by atoms with Crippen LogP contribution in [0.15, 0.2) is 47.4 Å². The zero-order valence-corrected chi connectivity index (χ0v) is 20.0. The summed E-state index contributed by atoms with van der Waals surface area (Å²) in [7, 11) is -4.24. The van der Waals surface area contributed by atoms with E-state index in [9.17, 15) is 17.6 Å². The number of ether oxygens (including phenoxy) is 1. The molecule has 2 rings (SSSR count). The van der Waals surface area contributed by atoms with Gasteiger partial charge in [-0.15, -0.1) is 0 Å². The number of benzene rings is 2. The molecule has 0 aliphatic rings. The van der Waals surface area contributed by atoms with Gasteiger partial charge in [0.1, 0.15) is 11.9 Å². The summed E-state index contributed by atoms with van der Waals surface area (Å²) in [4.78, 5) is 12.1. The maximum atomic E-state index is 14.8. The molecular formula is C22H26Cl2FNO4S. The third kappa shape index (κ3) is 6.34. The van der Waals surface area contributed by atoms with Crippen LogP contribution in [0.25, 0.3) is 0 Å². The van der Waals surface area contributed by atoms with Crippen LogP contribution in [0.1, 0.15) is 46.5 Å². The quantitative estimate of drug-likeness (QED) is 0.371. The van der Waals surface area contributed by atoms with E-state index in [1.807, 2.05) is 13.8 Å². The Bertz CT molecular complexity index is 999. The molecule has 0 amide bonds. The molecule has 170 valence electrons. The van der Waals surface area contributed by atoms with Crippen molar-refractivity contribution in [3.05, 3.63) is 58.3 Å². The molecule has 0 radical (unpaired) electrons. The van der Waals surface area contributed by atoms with Gasteiger partial charge in [0.25, 0.3) is 10.0 Å². The number of carbonyl (C=O) groups excluding carboxylic acids is 1. The van der Waals surface area contributed by atoms with Crippen molar-refractivity contribution in [2.75, 3.05) is 4.31 Å². The predicted octanol–water partition coefficient (Wildman–Crippen LogP) is 6.23. The molecule has 2 aromatic rings. The van der Waals surface area contributed by atoms with Gasteiger partial charge >= 0.3 is 5.97 Å². The molecule has 0 saturated heterocycles. The van der Waals surface area contributed by atoms with Crippen molar-refractivity contribution in [1.29, 1.82) is 0 Å². The minimum atomic E-state index is -4.24. The number of nitrogens with zero attached hydrogens (tertiary/aromatic N) is 1. The van der Waals surface area contributed by atoms with Gasteiger partial charge in [0, 0.05) is 16.5 Å². The summed E-state index contributed by atoms with van der Waals surface area (Å²) in [6, 6.07) is 8.37. The fraction of sp³-hybridized carbons (Fsp3) is 0.409. The molecule has 2 atom stereocenters. The monoisotopic (exact) mass is 489 g/mol. The molecule has 9 heteroatoms. The highest BCUT2D eigenvalue weighted by Gasteiger charge is 2.37. The number of sulfonamides is 1. The zero-order chi connectivity index (χ0) is 23.2. The van der Waals surface area contributed by atoms with Crippen molar-refractivity contribution in [3.8, 4) is 0 Å². The second-order valence-corrected chi connectivity index (χ2v) is 9.85. The van der Waals surface area contributed by atoms with Crippen molar-refractivity contribution in [1.82, 2.24) is 0 Å². The smallest absolute Gasteiger partial charge is 0.306 e. The Morgan fingerprint density at radius 1 is 1.06 bits per heavy atom. The summed E-state index contributed by atoms with van der Waals surface area (Å²) in [5, 5.41) is 0.541. The molecule has 31 heavy (non-hydrogen) atoms. The van der Waals surface area contributed by atoms with E-state index in [-0.39, 0.29) is 22.0 Å². The van der Waals surface area contributed by atoms with Crippen molar-refractivity contribution >= 4 is 44.9 Å². The molecule has 0 spiro atoms. The van der Waals surface area contributed by atoms with Crippen LogP contribution in [0, 0.1) is 5.82 Å². The highest BCUT2D eigenvalue weighted by atomic mass is 35.5. The number of halogens is 3. The van der Waals surface area contributed by atoms with Crippen LogP contribution in [-0.2, 0) is 19.6 Å². The molecule has 5 nitrogen and oxygen atoms in total. The van der Waals surface area contributed by atoms with E-state index in [4.69, 9.17) is 27.9 Å². The Hall–Kier alpha value is -1.83. The molecule has 0 aliphatic carbocycles. The molecule has 0 bridgehead atoms. The number of esters is 1. The molecule has 1 unspecified atom stereocenters. The van der Waals surface area contributed by atoms with E-state index in [1.54, 1.807) is 6.92 Å². The van der Waals surface area contributed by atoms with E-state index in [0.29, 0.717) is 24.3 Å². The summed E-state index contributed by atoms with van der Waals surface area (Å²) in [5.74, 6) is -1.19. The maximum Gasteiger partial charge on any atom is 0.306 e. The molecule has 0 heterocycles. The predicted molar refractivity (Wildman–Crippen MR) is 122 cm³/mol.